The van der Waals surface area contributed by atoms with Gasteiger partial charge in [-0.25, -0.2) is 0 Å². The maximum Gasteiger partial charge on any atom is 0.0695 e. The molecule has 0 aromatic carbocycles. The fraction of sp³-hybridized carbons (Fsp3) is 1.00. The minimum Gasteiger partial charge on any atom is -0.391 e. The molecule has 0 spiro atoms. The second kappa shape index (κ2) is 8.01. The Hall–Kier alpha value is -0.160. The van der Waals surface area contributed by atoms with E-state index < -0.39 is 0 Å². The lowest BCUT2D eigenvalue weighted by Crippen LogP contribution is -2.48. The van der Waals surface area contributed by atoms with Crippen LogP contribution < -0.4 is 0 Å². The van der Waals surface area contributed by atoms with Gasteiger partial charge >= 0.3 is 0 Å². The number of methoxy groups -OCH3 is 2. The fourth-order valence-electron chi connectivity index (χ4n) is 2.38. The Balaban J connectivity index is 2.44. The molecule has 0 aromatic heterocycles. The summed E-state index contributed by atoms with van der Waals surface area (Å²) in [5.74, 6) is 0. The van der Waals surface area contributed by atoms with Crippen LogP contribution in [0.5, 0.6) is 0 Å². The first-order valence-corrected chi connectivity index (χ1v) is 6.19. The quantitative estimate of drug-likeness (QED) is 0.706. The van der Waals surface area contributed by atoms with Gasteiger partial charge in [-0.2, -0.15) is 0 Å². The highest BCUT2D eigenvalue weighted by molar-refractivity contribution is 4.83. The molecule has 1 unspecified atom stereocenters. The third-order valence-corrected chi connectivity index (χ3v) is 3.33. The van der Waals surface area contributed by atoms with Crippen molar-refractivity contribution in [2.24, 2.45) is 0 Å². The maximum absolute atomic E-state index is 10.0. The van der Waals surface area contributed by atoms with E-state index in [1.165, 1.54) is 6.42 Å². The molecule has 0 bridgehead atoms. The molecule has 96 valence electrons. The molecule has 1 saturated carbocycles. The number of aliphatic hydroxyl groups excluding tert-OH is 1. The van der Waals surface area contributed by atoms with Crippen LogP contribution in [-0.2, 0) is 9.47 Å². The van der Waals surface area contributed by atoms with E-state index in [1.54, 1.807) is 14.2 Å². The zero-order valence-corrected chi connectivity index (χ0v) is 10.5. The molecule has 1 fully saturated rings. The standard InChI is InChI=1S/C12H25NO3/c1-15-9-7-13(8-10-16-2)11-5-3-4-6-12(11)14/h11-12,14H,3-10H2,1-2H3/t11?,12-/m0/s1. The predicted octanol–water partition coefficient (Wildman–Crippen LogP) is 0.885. The van der Waals surface area contributed by atoms with Crippen molar-refractivity contribution in [1.29, 1.82) is 0 Å². The van der Waals surface area contributed by atoms with Crippen molar-refractivity contribution in [3.8, 4) is 0 Å². The molecule has 1 aliphatic carbocycles. The molecule has 1 N–H and O–H groups in total. The van der Waals surface area contributed by atoms with Crippen LogP contribution in [0.1, 0.15) is 25.7 Å². The molecular weight excluding hydrogens is 206 g/mol. The summed E-state index contributed by atoms with van der Waals surface area (Å²) in [7, 11) is 3.43. The van der Waals surface area contributed by atoms with Crippen molar-refractivity contribution < 1.29 is 14.6 Å². The first-order chi connectivity index (χ1) is 7.79. The van der Waals surface area contributed by atoms with Gasteiger partial charge in [0.25, 0.3) is 0 Å². The van der Waals surface area contributed by atoms with Gasteiger partial charge in [-0.15, -0.1) is 0 Å². The zero-order chi connectivity index (χ0) is 11.8. The molecule has 1 rings (SSSR count). The summed E-state index contributed by atoms with van der Waals surface area (Å²) in [4.78, 5) is 2.30. The number of aliphatic hydroxyl groups is 1. The zero-order valence-electron chi connectivity index (χ0n) is 10.5. The summed E-state index contributed by atoms with van der Waals surface area (Å²) in [6.45, 7) is 3.18. The highest BCUT2D eigenvalue weighted by Gasteiger charge is 2.28. The molecule has 0 aliphatic heterocycles. The normalized spacial score (nSPS) is 26.2. The molecule has 0 saturated heterocycles. The van der Waals surface area contributed by atoms with Crippen molar-refractivity contribution in [2.75, 3.05) is 40.5 Å². The third kappa shape index (κ3) is 4.37. The number of rotatable bonds is 7. The van der Waals surface area contributed by atoms with E-state index in [1.807, 2.05) is 0 Å². The molecule has 16 heavy (non-hydrogen) atoms. The lowest BCUT2D eigenvalue weighted by atomic mass is 9.91. The van der Waals surface area contributed by atoms with Crippen LogP contribution in [0.2, 0.25) is 0 Å². The highest BCUT2D eigenvalue weighted by Crippen LogP contribution is 2.22. The van der Waals surface area contributed by atoms with Crippen LogP contribution >= 0.6 is 0 Å². The Morgan fingerprint density at radius 1 is 1.06 bits per heavy atom. The van der Waals surface area contributed by atoms with E-state index in [0.29, 0.717) is 19.3 Å². The molecule has 0 radical (unpaired) electrons. The second-order valence-electron chi connectivity index (χ2n) is 4.44. The van der Waals surface area contributed by atoms with Crippen LogP contribution in [0, 0.1) is 0 Å². The molecule has 0 heterocycles. The van der Waals surface area contributed by atoms with Gasteiger partial charge in [-0.3, -0.25) is 4.90 Å². The van der Waals surface area contributed by atoms with Gasteiger partial charge in [0.1, 0.15) is 0 Å². The highest BCUT2D eigenvalue weighted by atomic mass is 16.5. The van der Waals surface area contributed by atoms with E-state index in [2.05, 4.69) is 4.90 Å². The minimum atomic E-state index is -0.178. The summed E-state index contributed by atoms with van der Waals surface area (Å²) < 4.78 is 10.2. The SMILES string of the molecule is COCCN(CCOC)C1CCCC[C@@H]1O. The summed E-state index contributed by atoms with van der Waals surface area (Å²) in [5.41, 5.74) is 0. The Labute approximate surface area is 98.5 Å². The first-order valence-electron chi connectivity index (χ1n) is 6.19. The van der Waals surface area contributed by atoms with Gasteiger partial charge in [-0.05, 0) is 12.8 Å². The van der Waals surface area contributed by atoms with Crippen molar-refractivity contribution in [3.63, 3.8) is 0 Å². The smallest absolute Gasteiger partial charge is 0.0695 e. The van der Waals surface area contributed by atoms with Gasteiger partial charge in [0.2, 0.25) is 0 Å². The molecule has 4 heteroatoms. The maximum atomic E-state index is 10.0. The van der Waals surface area contributed by atoms with Crippen molar-refractivity contribution in [2.45, 2.75) is 37.8 Å². The average Bonchev–Trinajstić information content (AvgIpc) is 2.31. The second-order valence-corrected chi connectivity index (χ2v) is 4.44. The van der Waals surface area contributed by atoms with Crippen LogP contribution in [0.25, 0.3) is 0 Å². The molecule has 2 atom stereocenters. The monoisotopic (exact) mass is 231 g/mol. The van der Waals surface area contributed by atoms with Gasteiger partial charge in [0.15, 0.2) is 0 Å². The molecule has 1 aliphatic rings. The Kier molecular flexibility index (Phi) is 6.96. The number of hydrogen-bond donors (Lipinski definition) is 1. The van der Waals surface area contributed by atoms with E-state index in [-0.39, 0.29) is 6.10 Å². The largest absolute Gasteiger partial charge is 0.391 e. The molecule has 0 amide bonds. The topological polar surface area (TPSA) is 41.9 Å². The van der Waals surface area contributed by atoms with Crippen molar-refractivity contribution >= 4 is 0 Å². The van der Waals surface area contributed by atoms with Gasteiger partial charge in [0.05, 0.1) is 19.3 Å². The van der Waals surface area contributed by atoms with Crippen LogP contribution in [-0.4, -0.2) is 62.7 Å². The summed E-state index contributed by atoms with van der Waals surface area (Å²) >= 11 is 0. The first kappa shape index (κ1) is 13.9. The summed E-state index contributed by atoms with van der Waals surface area (Å²) in [6, 6.07) is 0.291. The number of nitrogens with zero attached hydrogens (tertiary/aromatic N) is 1. The summed E-state index contributed by atoms with van der Waals surface area (Å²) in [5, 5.41) is 10.0. The van der Waals surface area contributed by atoms with Gasteiger partial charge in [-0.1, -0.05) is 12.8 Å². The van der Waals surface area contributed by atoms with E-state index >= 15 is 0 Å². The van der Waals surface area contributed by atoms with Gasteiger partial charge in [0, 0.05) is 33.4 Å². The van der Waals surface area contributed by atoms with Crippen molar-refractivity contribution in [1.82, 2.24) is 4.90 Å². The van der Waals surface area contributed by atoms with Crippen molar-refractivity contribution in [3.05, 3.63) is 0 Å². The van der Waals surface area contributed by atoms with Crippen LogP contribution in [0.15, 0.2) is 0 Å². The number of hydrogen-bond acceptors (Lipinski definition) is 4. The van der Waals surface area contributed by atoms with E-state index in [4.69, 9.17) is 9.47 Å². The molecular formula is C12H25NO3. The van der Waals surface area contributed by atoms with E-state index in [9.17, 15) is 5.11 Å². The lowest BCUT2D eigenvalue weighted by Gasteiger charge is -2.37. The average molecular weight is 231 g/mol. The Morgan fingerprint density at radius 2 is 1.62 bits per heavy atom. The molecule has 4 nitrogen and oxygen atoms in total. The van der Waals surface area contributed by atoms with Crippen LogP contribution in [0.4, 0.5) is 0 Å². The molecule has 0 aromatic rings. The third-order valence-electron chi connectivity index (χ3n) is 3.33. The summed E-state index contributed by atoms with van der Waals surface area (Å²) in [6.07, 6.45) is 4.22. The predicted molar refractivity (Wildman–Crippen MR) is 63.6 cm³/mol. The fourth-order valence-corrected chi connectivity index (χ4v) is 2.38. The van der Waals surface area contributed by atoms with Crippen LogP contribution in [0.3, 0.4) is 0 Å². The Morgan fingerprint density at radius 3 is 2.12 bits per heavy atom. The van der Waals surface area contributed by atoms with Gasteiger partial charge < -0.3 is 14.6 Å². The number of ether oxygens (including phenoxy) is 2. The lowest BCUT2D eigenvalue weighted by molar-refractivity contribution is -0.00115. The Bertz CT molecular complexity index is 170. The van der Waals surface area contributed by atoms with E-state index in [0.717, 1.165) is 32.4 Å². The minimum absolute atomic E-state index is 0.178.